The first kappa shape index (κ1) is 24.4. The minimum Gasteiger partial charge on any atom is -0.489 e. The number of benzene rings is 4. The molecule has 0 saturated carbocycles. The van der Waals surface area contributed by atoms with Crippen molar-refractivity contribution in [1.29, 1.82) is 0 Å². The first-order valence-corrected chi connectivity index (χ1v) is 11.9. The van der Waals surface area contributed by atoms with Crippen LogP contribution in [-0.4, -0.2) is 21.2 Å². The summed E-state index contributed by atoms with van der Waals surface area (Å²) in [5.41, 5.74) is 5.89. The number of ether oxygens (including phenoxy) is 1. The lowest BCUT2D eigenvalue weighted by molar-refractivity contribution is 0.300. The van der Waals surface area contributed by atoms with Crippen LogP contribution in [0.2, 0.25) is 0 Å². The molecule has 5 aromatic rings. The number of nitrogens with zero attached hydrogens (tertiary/aromatic N) is 4. The van der Waals surface area contributed by atoms with Crippen molar-refractivity contribution < 1.29 is 9.13 Å². The van der Waals surface area contributed by atoms with Crippen molar-refractivity contribution >= 4 is 35.4 Å². The van der Waals surface area contributed by atoms with E-state index in [0.717, 1.165) is 16.9 Å². The van der Waals surface area contributed by atoms with E-state index in [1.165, 1.54) is 6.07 Å². The highest BCUT2D eigenvalue weighted by molar-refractivity contribution is 5.80. The van der Waals surface area contributed by atoms with Crippen molar-refractivity contribution in [2.24, 2.45) is 5.10 Å². The van der Waals surface area contributed by atoms with E-state index >= 15 is 0 Å². The van der Waals surface area contributed by atoms with Crippen LogP contribution >= 0.6 is 0 Å². The summed E-state index contributed by atoms with van der Waals surface area (Å²) >= 11 is 0. The van der Waals surface area contributed by atoms with Crippen LogP contribution in [0.5, 0.6) is 5.75 Å². The van der Waals surface area contributed by atoms with Gasteiger partial charge < -0.3 is 15.4 Å². The van der Waals surface area contributed by atoms with E-state index in [-0.39, 0.29) is 18.4 Å². The van der Waals surface area contributed by atoms with Crippen molar-refractivity contribution in [2.45, 2.75) is 6.61 Å². The number of aromatic nitrogens is 3. The Labute approximate surface area is 219 Å². The van der Waals surface area contributed by atoms with Crippen LogP contribution in [0.3, 0.4) is 0 Å². The highest BCUT2D eigenvalue weighted by Gasteiger charge is 2.08. The third-order valence-electron chi connectivity index (χ3n) is 5.31. The lowest BCUT2D eigenvalue weighted by Crippen LogP contribution is -2.07. The zero-order chi connectivity index (χ0) is 26.0. The monoisotopic (exact) mass is 505 g/mol. The minimum absolute atomic E-state index is 0.153. The first-order chi connectivity index (χ1) is 18.7. The summed E-state index contributed by atoms with van der Waals surface area (Å²) in [7, 11) is 0. The molecule has 8 nitrogen and oxygen atoms in total. The van der Waals surface area contributed by atoms with Gasteiger partial charge in [-0.05, 0) is 60.2 Å². The standard InChI is InChI=1S/C29H24FN7O/c30-26-14-8-7-9-22(26)20-38-25-17-15-21(16-18-25)19-31-37-29-35-27(32-23-10-3-1-4-11-23)34-28(36-29)33-24-12-5-2-6-13-24/h1-19H,20H2,(H3,32,33,34,35,36,37)/b31-19-. The second-order valence-corrected chi connectivity index (χ2v) is 8.11. The van der Waals surface area contributed by atoms with Gasteiger partial charge in [0.15, 0.2) is 0 Å². The summed E-state index contributed by atoms with van der Waals surface area (Å²) in [5.74, 6) is 1.32. The second kappa shape index (κ2) is 12.1. The van der Waals surface area contributed by atoms with Gasteiger partial charge in [0.05, 0.1) is 6.21 Å². The van der Waals surface area contributed by atoms with Crippen molar-refractivity contribution in [3.8, 4) is 5.75 Å². The molecule has 5 rings (SSSR count). The van der Waals surface area contributed by atoms with Gasteiger partial charge in [-0.1, -0.05) is 54.6 Å². The molecule has 0 fully saturated rings. The summed E-state index contributed by atoms with van der Waals surface area (Å²) in [4.78, 5) is 13.3. The van der Waals surface area contributed by atoms with Crippen molar-refractivity contribution in [1.82, 2.24) is 15.0 Å². The molecule has 0 unspecified atom stereocenters. The lowest BCUT2D eigenvalue weighted by Gasteiger charge is -2.10. The van der Waals surface area contributed by atoms with Crippen molar-refractivity contribution in [3.63, 3.8) is 0 Å². The van der Waals surface area contributed by atoms with Gasteiger partial charge in [-0.2, -0.15) is 20.1 Å². The third-order valence-corrected chi connectivity index (χ3v) is 5.31. The Balaban J connectivity index is 1.26. The van der Waals surface area contributed by atoms with Gasteiger partial charge in [-0.25, -0.2) is 9.82 Å². The van der Waals surface area contributed by atoms with Crippen molar-refractivity contribution in [2.75, 3.05) is 16.1 Å². The van der Waals surface area contributed by atoms with Crippen LogP contribution in [0.4, 0.5) is 33.6 Å². The molecule has 0 radical (unpaired) electrons. The summed E-state index contributed by atoms with van der Waals surface area (Å²) in [6.07, 6.45) is 1.64. The Kier molecular flexibility index (Phi) is 7.76. The molecule has 9 heteroatoms. The quantitative estimate of drug-likeness (QED) is 0.147. The molecule has 0 atom stereocenters. The first-order valence-electron chi connectivity index (χ1n) is 11.9. The molecule has 38 heavy (non-hydrogen) atoms. The summed E-state index contributed by atoms with van der Waals surface area (Å²) in [6, 6.07) is 33.1. The van der Waals surface area contributed by atoms with Crippen molar-refractivity contribution in [3.05, 3.63) is 126 Å². The Morgan fingerprint density at radius 3 is 1.82 bits per heavy atom. The Morgan fingerprint density at radius 1 is 0.658 bits per heavy atom. The normalized spacial score (nSPS) is 10.8. The lowest BCUT2D eigenvalue weighted by atomic mass is 10.2. The van der Waals surface area contributed by atoms with Gasteiger partial charge in [-0.3, -0.25) is 0 Å². The fourth-order valence-electron chi connectivity index (χ4n) is 3.43. The largest absolute Gasteiger partial charge is 0.489 e. The fourth-order valence-corrected chi connectivity index (χ4v) is 3.43. The van der Waals surface area contributed by atoms with Gasteiger partial charge in [0, 0.05) is 16.9 Å². The molecule has 0 aliphatic carbocycles. The predicted molar refractivity (Wildman–Crippen MR) is 148 cm³/mol. The third kappa shape index (κ3) is 6.88. The Morgan fingerprint density at radius 2 is 1.21 bits per heavy atom. The molecule has 3 N–H and O–H groups in total. The number of halogens is 1. The van der Waals surface area contributed by atoms with E-state index in [4.69, 9.17) is 4.74 Å². The summed E-state index contributed by atoms with van der Waals surface area (Å²) < 4.78 is 19.5. The maximum Gasteiger partial charge on any atom is 0.250 e. The minimum atomic E-state index is -0.287. The molecule has 0 amide bonds. The molecule has 4 aromatic carbocycles. The maximum absolute atomic E-state index is 13.8. The van der Waals surface area contributed by atoms with E-state index < -0.39 is 0 Å². The van der Waals surface area contributed by atoms with Crippen LogP contribution in [0.1, 0.15) is 11.1 Å². The molecule has 0 bridgehead atoms. The van der Waals surface area contributed by atoms with Crippen LogP contribution < -0.4 is 20.8 Å². The molecule has 0 aliphatic rings. The number of para-hydroxylation sites is 2. The van der Waals surface area contributed by atoms with Gasteiger partial charge >= 0.3 is 0 Å². The van der Waals surface area contributed by atoms with Gasteiger partial charge in [0.2, 0.25) is 17.8 Å². The number of nitrogens with one attached hydrogen (secondary N) is 3. The Bertz CT molecular complexity index is 1440. The average Bonchev–Trinajstić information content (AvgIpc) is 2.94. The smallest absolute Gasteiger partial charge is 0.250 e. The fraction of sp³-hybridized carbons (Fsp3) is 0.0345. The molecule has 188 valence electrons. The van der Waals surface area contributed by atoms with Gasteiger partial charge in [-0.15, -0.1) is 0 Å². The summed E-state index contributed by atoms with van der Waals surface area (Å²) in [5, 5.41) is 10.6. The zero-order valence-corrected chi connectivity index (χ0v) is 20.3. The summed E-state index contributed by atoms with van der Waals surface area (Å²) in [6.45, 7) is 0.153. The molecule has 1 heterocycles. The molecule has 1 aromatic heterocycles. The molecule has 0 saturated heterocycles. The number of hydrogen-bond donors (Lipinski definition) is 3. The Hall–Kier alpha value is -5.31. The predicted octanol–water partition coefficient (Wildman–Crippen LogP) is 6.52. The number of hydrazone groups is 1. The SMILES string of the molecule is Fc1ccccc1COc1ccc(/C=N\Nc2nc(Nc3ccccc3)nc(Nc3ccccc3)n2)cc1. The van der Waals surface area contributed by atoms with Crippen LogP contribution in [-0.2, 0) is 6.61 Å². The number of hydrogen-bond acceptors (Lipinski definition) is 8. The molecular weight excluding hydrogens is 481 g/mol. The number of anilines is 5. The van der Waals surface area contributed by atoms with E-state index in [1.54, 1.807) is 36.5 Å². The number of rotatable bonds is 10. The molecule has 0 aliphatic heterocycles. The maximum atomic E-state index is 13.8. The van der Waals surface area contributed by atoms with Gasteiger partial charge in [0.1, 0.15) is 18.2 Å². The topological polar surface area (TPSA) is 96.4 Å². The molecular formula is C29H24FN7O. The van der Waals surface area contributed by atoms with Crippen LogP contribution in [0, 0.1) is 5.82 Å². The van der Waals surface area contributed by atoms with Crippen LogP contribution in [0.15, 0.2) is 114 Å². The highest BCUT2D eigenvalue weighted by atomic mass is 19.1. The molecule has 0 spiro atoms. The van der Waals surface area contributed by atoms with Crippen LogP contribution in [0.25, 0.3) is 0 Å². The van der Waals surface area contributed by atoms with E-state index in [9.17, 15) is 4.39 Å². The zero-order valence-electron chi connectivity index (χ0n) is 20.3. The van der Waals surface area contributed by atoms with E-state index in [2.05, 4.69) is 36.1 Å². The van der Waals surface area contributed by atoms with Gasteiger partial charge in [0.25, 0.3) is 0 Å². The van der Waals surface area contributed by atoms with E-state index in [0.29, 0.717) is 23.2 Å². The second-order valence-electron chi connectivity index (χ2n) is 8.11. The average molecular weight is 506 g/mol. The van der Waals surface area contributed by atoms with E-state index in [1.807, 2.05) is 72.8 Å². The highest BCUT2D eigenvalue weighted by Crippen LogP contribution is 2.19.